The molecular weight excluding hydrogens is 681 g/mol. The number of amides is 1. The summed E-state index contributed by atoms with van der Waals surface area (Å²) in [5.41, 5.74) is 3.00. The fourth-order valence-electron chi connectivity index (χ4n) is 5.45. The first kappa shape index (κ1) is 35.9. The van der Waals surface area contributed by atoms with Gasteiger partial charge in [-0.1, -0.05) is 111 Å². The molecule has 9 nitrogen and oxygen atoms in total. The van der Waals surface area contributed by atoms with Gasteiger partial charge in [0.25, 0.3) is 15.9 Å². The van der Waals surface area contributed by atoms with E-state index in [0.717, 1.165) is 49.9 Å². The zero-order valence-corrected chi connectivity index (χ0v) is 29.8. The summed E-state index contributed by atoms with van der Waals surface area (Å²) < 4.78 is 32.0. The van der Waals surface area contributed by atoms with Crippen LogP contribution in [-0.2, 0) is 23.0 Å². The number of benzene rings is 4. The van der Waals surface area contributed by atoms with Gasteiger partial charge < -0.3 is 5.32 Å². The van der Waals surface area contributed by atoms with E-state index in [0.29, 0.717) is 34.1 Å². The number of nitrogens with one attached hydrogen (secondary N) is 2. The molecule has 0 fully saturated rings. The number of sulfonamides is 1. The van der Waals surface area contributed by atoms with Crippen molar-refractivity contribution in [3.8, 4) is 16.8 Å². The Kier molecular flexibility index (Phi) is 12.0. The Morgan fingerprint density at radius 1 is 0.837 bits per heavy atom. The summed E-state index contributed by atoms with van der Waals surface area (Å²) in [4.78, 5) is 26.6. The first-order valence-electron chi connectivity index (χ1n) is 16.4. The Bertz CT molecular complexity index is 2090. The lowest BCUT2D eigenvalue weighted by Crippen LogP contribution is -2.31. The summed E-state index contributed by atoms with van der Waals surface area (Å²) in [6, 6.07) is 25.5. The van der Waals surface area contributed by atoms with Gasteiger partial charge in [0.15, 0.2) is 0 Å². The van der Waals surface area contributed by atoms with Crippen LogP contribution in [-0.4, -0.2) is 35.2 Å². The molecule has 0 saturated heterocycles. The van der Waals surface area contributed by atoms with Gasteiger partial charge in [0.05, 0.1) is 32.7 Å². The van der Waals surface area contributed by atoms with Crippen molar-refractivity contribution in [3.05, 3.63) is 128 Å². The largest absolute Gasteiger partial charge is 0.385 e. The summed E-state index contributed by atoms with van der Waals surface area (Å²) in [6.07, 6.45) is 5.73. The molecule has 0 saturated carbocycles. The second-order valence-electron chi connectivity index (χ2n) is 11.7. The second-order valence-corrected chi connectivity index (χ2v) is 14.2. The van der Waals surface area contributed by atoms with Crippen LogP contribution in [0, 0.1) is 0 Å². The Balaban J connectivity index is 1.41. The number of rotatable bonds is 15. The van der Waals surface area contributed by atoms with E-state index in [4.69, 9.17) is 28.3 Å². The first-order chi connectivity index (χ1) is 23.6. The fraction of sp³-hybridized carbons (Fsp3) is 0.270. The molecule has 0 bridgehead atoms. The summed E-state index contributed by atoms with van der Waals surface area (Å²) >= 11 is 12.7. The highest BCUT2D eigenvalue weighted by Crippen LogP contribution is 2.29. The number of aryl methyl sites for hydroxylation is 1. The number of aromatic nitrogens is 3. The molecule has 0 aliphatic heterocycles. The predicted octanol–water partition coefficient (Wildman–Crippen LogP) is 8.12. The lowest BCUT2D eigenvalue weighted by molar-refractivity contribution is 0.0981. The topological polar surface area (TPSA) is 115 Å². The maximum atomic E-state index is 13.9. The molecule has 4 aromatic carbocycles. The van der Waals surface area contributed by atoms with E-state index in [9.17, 15) is 18.0 Å². The van der Waals surface area contributed by atoms with Crippen molar-refractivity contribution >= 4 is 44.8 Å². The zero-order valence-electron chi connectivity index (χ0n) is 27.5. The van der Waals surface area contributed by atoms with Crippen LogP contribution >= 0.6 is 23.2 Å². The molecule has 5 rings (SSSR count). The van der Waals surface area contributed by atoms with Gasteiger partial charge in [0.1, 0.15) is 5.82 Å². The van der Waals surface area contributed by atoms with E-state index < -0.39 is 15.9 Å². The van der Waals surface area contributed by atoms with Gasteiger partial charge in [-0.15, -0.1) is 5.10 Å². The van der Waals surface area contributed by atoms with Crippen LogP contribution in [0.25, 0.3) is 16.8 Å². The standard InChI is InChI=1S/C37H39Cl2N5O4S/c1-3-5-11-23-40-28-21-22-32(39)33(24-28)44-37(46)43(35(41-44)16-6-4-2)25-26-17-19-27(20-18-26)29-12-8-10-15-34(29)49(47,48)42-36(45)30-13-7-9-14-31(30)38/h7-10,12-15,17-22,24,40H,3-6,11,16,23,25H2,1-2H3,(H,42,45). The van der Waals surface area contributed by atoms with Gasteiger partial charge in [-0.3, -0.25) is 9.36 Å². The summed E-state index contributed by atoms with van der Waals surface area (Å²) in [5, 5.41) is 8.71. The molecule has 0 aliphatic carbocycles. The number of hydrogen-bond donors (Lipinski definition) is 2. The summed E-state index contributed by atoms with van der Waals surface area (Å²) in [6.45, 7) is 5.33. The molecule has 49 heavy (non-hydrogen) atoms. The van der Waals surface area contributed by atoms with E-state index in [1.165, 1.54) is 22.9 Å². The molecule has 0 spiro atoms. The van der Waals surface area contributed by atoms with E-state index >= 15 is 0 Å². The Morgan fingerprint density at radius 2 is 1.55 bits per heavy atom. The predicted molar refractivity (Wildman–Crippen MR) is 197 cm³/mol. The highest BCUT2D eigenvalue weighted by molar-refractivity contribution is 7.90. The van der Waals surface area contributed by atoms with Crippen molar-refractivity contribution in [2.45, 2.75) is 63.8 Å². The smallest absolute Gasteiger partial charge is 0.351 e. The molecule has 256 valence electrons. The van der Waals surface area contributed by atoms with Crippen molar-refractivity contribution in [2.24, 2.45) is 0 Å². The van der Waals surface area contributed by atoms with Crippen LogP contribution < -0.4 is 15.7 Å². The minimum atomic E-state index is -4.25. The fourth-order valence-corrected chi connectivity index (χ4v) is 7.07. The number of anilines is 1. The van der Waals surface area contributed by atoms with E-state index in [2.05, 4.69) is 23.9 Å². The van der Waals surface area contributed by atoms with Crippen LogP contribution in [0.1, 0.15) is 67.7 Å². The van der Waals surface area contributed by atoms with Crippen LogP contribution in [0.4, 0.5) is 5.69 Å². The molecule has 0 unspecified atom stereocenters. The number of carbonyl (C=O) groups is 1. The van der Waals surface area contributed by atoms with Crippen LogP contribution in [0.15, 0.2) is 101 Å². The SMILES string of the molecule is CCCCCNc1ccc(Cl)c(-n2nc(CCCC)n(Cc3ccc(-c4ccccc4S(=O)(=O)NC(=O)c4ccccc4Cl)cc3)c2=O)c1. The molecule has 1 heterocycles. The number of halogens is 2. The number of carbonyl (C=O) groups excluding carboxylic acids is 1. The van der Waals surface area contributed by atoms with Gasteiger partial charge in [-0.05, 0) is 60.4 Å². The lowest BCUT2D eigenvalue weighted by atomic mass is 10.0. The molecule has 1 amide bonds. The third-order valence-electron chi connectivity index (χ3n) is 8.10. The Morgan fingerprint density at radius 3 is 2.29 bits per heavy atom. The van der Waals surface area contributed by atoms with Gasteiger partial charge in [-0.25, -0.2) is 17.9 Å². The van der Waals surface area contributed by atoms with Gasteiger partial charge >= 0.3 is 5.69 Å². The number of hydrogen-bond acceptors (Lipinski definition) is 6. The molecule has 12 heteroatoms. The van der Waals surface area contributed by atoms with E-state index in [-0.39, 0.29) is 27.7 Å². The van der Waals surface area contributed by atoms with Crippen LogP contribution in [0.2, 0.25) is 10.0 Å². The maximum Gasteiger partial charge on any atom is 0.351 e. The third kappa shape index (κ3) is 8.62. The van der Waals surface area contributed by atoms with Crippen molar-refractivity contribution in [1.82, 2.24) is 19.1 Å². The molecule has 2 N–H and O–H groups in total. The quantitative estimate of drug-likeness (QED) is 0.106. The molecular formula is C37H39Cl2N5O4S. The van der Waals surface area contributed by atoms with Crippen molar-refractivity contribution in [2.75, 3.05) is 11.9 Å². The average Bonchev–Trinajstić information content (AvgIpc) is 3.40. The van der Waals surface area contributed by atoms with Crippen molar-refractivity contribution in [1.29, 1.82) is 0 Å². The monoisotopic (exact) mass is 719 g/mol. The van der Waals surface area contributed by atoms with Gasteiger partial charge in [0, 0.05) is 24.2 Å². The Hall–Kier alpha value is -4.38. The molecule has 0 radical (unpaired) electrons. The second kappa shape index (κ2) is 16.3. The zero-order chi connectivity index (χ0) is 35.0. The van der Waals surface area contributed by atoms with Crippen molar-refractivity contribution < 1.29 is 13.2 Å². The highest BCUT2D eigenvalue weighted by Gasteiger charge is 2.24. The maximum absolute atomic E-state index is 13.9. The number of nitrogens with zero attached hydrogens (tertiary/aromatic N) is 3. The molecule has 0 aliphatic rings. The van der Waals surface area contributed by atoms with Crippen LogP contribution in [0.3, 0.4) is 0 Å². The third-order valence-corrected chi connectivity index (χ3v) is 10.1. The summed E-state index contributed by atoms with van der Waals surface area (Å²) in [7, 11) is -4.25. The lowest BCUT2D eigenvalue weighted by Gasteiger charge is -2.13. The minimum Gasteiger partial charge on any atom is -0.385 e. The summed E-state index contributed by atoms with van der Waals surface area (Å²) in [5.74, 6) is -0.170. The first-order valence-corrected chi connectivity index (χ1v) is 18.6. The molecule has 5 aromatic rings. The molecule has 0 atom stereocenters. The number of unbranched alkanes of at least 4 members (excludes halogenated alkanes) is 3. The van der Waals surface area contributed by atoms with Gasteiger partial charge in [0.2, 0.25) is 0 Å². The van der Waals surface area contributed by atoms with E-state index in [1.807, 2.05) is 24.3 Å². The van der Waals surface area contributed by atoms with Crippen molar-refractivity contribution in [3.63, 3.8) is 0 Å². The minimum absolute atomic E-state index is 0.0542. The molecule has 1 aromatic heterocycles. The Labute approximate surface area is 297 Å². The normalized spacial score (nSPS) is 11.4. The highest BCUT2D eigenvalue weighted by atomic mass is 35.5. The van der Waals surface area contributed by atoms with Crippen LogP contribution in [0.5, 0.6) is 0 Å². The average molecular weight is 721 g/mol. The van der Waals surface area contributed by atoms with E-state index in [1.54, 1.807) is 53.1 Å². The van der Waals surface area contributed by atoms with Gasteiger partial charge in [-0.2, -0.15) is 4.68 Å².